The van der Waals surface area contributed by atoms with Crippen LogP contribution < -0.4 is 5.73 Å². The van der Waals surface area contributed by atoms with E-state index in [1.165, 1.54) is 6.07 Å². The van der Waals surface area contributed by atoms with Crippen LogP contribution in [-0.4, -0.2) is 17.4 Å². The van der Waals surface area contributed by atoms with E-state index < -0.39 is 0 Å². The lowest BCUT2D eigenvalue weighted by molar-refractivity contribution is -0.128. The van der Waals surface area contributed by atoms with Crippen LogP contribution in [0.25, 0.3) is 0 Å². The molecule has 0 bridgehead atoms. The lowest BCUT2D eigenvalue weighted by atomic mass is 10.1. The first-order valence-electron chi connectivity index (χ1n) is 5.92. The average Bonchev–Trinajstić information content (AvgIpc) is 2.65. The largest absolute Gasteiger partial charge is 0.398 e. The molecule has 0 aliphatic carbocycles. The molecule has 1 aliphatic heterocycles. The van der Waals surface area contributed by atoms with Crippen LogP contribution in [0.3, 0.4) is 0 Å². The van der Waals surface area contributed by atoms with Crippen LogP contribution in [0.15, 0.2) is 18.2 Å². The van der Waals surface area contributed by atoms with Gasteiger partial charge in [-0.05, 0) is 18.1 Å². The van der Waals surface area contributed by atoms with Crippen molar-refractivity contribution in [1.82, 2.24) is 4.90 Å². The molecule has 0 spiro atoms. The van der Waals surface area contributed by atoms with Gasteiger partial charge in [-0.1, -0.05) is 19.4 Å². The third-order valence-electron chi connectivity index (χ3n) is 3.38. The minimum absolute atomic E-state index is 0.0968. The number of carbonyl (C=O) groups is 1. The van der Waals surface area contributed by atoms with Gasteiger partial charge in [0, 0.05) is 24.2 Å². The number of nitrogens with zero attached hydrogens (tertiary/aromatic N) is 1. The number of benzene rings is 1. The van der Waals surface area contributed by atoms with Crippen LogP contribution in [0.1, 0.15) is 25.3 Å². The summed E-state index contributed by atoms with van der Waals surface area (Å²) in [6.07, 6.45) is 1.56. The molecule has 2 rings (SSSR count). The first-order chi connectivity index (χ1) is 8.11. The molecule has 0 aromatic heterocycles. The Balaban J connectivity index is 2.14. The lowest BCUT2D eigenvalue weighted by Crippen LogP contribution is -2.25. The maximum atomic E-state index is 13.6. The molecular weight excluding hydrogens is 219 g/mol. The van der Waals surface area contributed by atoms with Gasteiger partial charge in [-0.3, -0.25) is 4.79 Å². The molecule has 1 aromatic rings. The fourth-order valence-corrected chi connectivity index (χ4v) is 2.21. The number of halogens is 1. The van der Waals surface area contributed by atoms with Crippen molar-refractivity contribution in [3.8, 4) is 0 Å². The lowest BCUT2D eigenvalue weighted by Gasteiger charge is -2.18. The van der Waals surface area contributed by atoms with Crippen LogP contribution in [0.2, 0.25) is 0 Å². The Morgan fingerprint density at radius 2 is 2.29 bits per heavy atom. The first kappa shape index (κ1) is 11.9. The Morgan fingerprint density at radius 3 is 2.88 bits per heavy atom. The third-order valence-corrected chi connectivity index (χ3v) is 3.38. The quantitative estimate of drug-likeness (QED) is 0.817. The van der Waals surface area contributed by atoms with Crippen molar-refractivity contribution in [2.45, 2.75) is 26.3 Å². The first-order valence-corrected chi connectivity index (χ1v) is 5.92. The summed E-state index contributed by atoms with van der Waals surface area (Å²) in [5.41, 5.74) is 6.58. The maximum absolute atomic E-state index is 13.6. The molecule has 17 heavy (non-hydrogen) atoms. The summed E-state index contributed by atoms with van der Waals surface area (Å²) in [6.45, 7) is 3.07. The maximum Gasteiger partial charge on any atom is 0.223 e. The van der Waals surface area contributed by atoms with E-state index in [-0.39, 0.29) is 18.3 Å². The summed E-state index contributed by atoms with van der Waals surface area (Å²) < 4.78 is 13.6. The number of hydrogen-bond donors (Lipinski definition) is 1. The van der Waals surface area contributed by atoms with Crippen molar-refractivity contribution in [3.63, 3.8) is 0 Å². The van der Waals surface area contributed by atoms with Crippen LogP contribution in [0.5, 0.6) is 0 Å². The highest BCUT2D eigenvalue weighted by Crippen LogP contribution is 2.25. The molecular formula is C13H17FN2O. The zero-order chi connectivity index (χ0) is 12.4. The number of anilines is 1. The highest BCUT2D eigenvalue weighted by atomic mass is 19.1. The van der Waals surface area contributed by atoms with E-state index in [2.05, 4.69) is 6.92 Å². The molecule has 3 nitrogen and oxygen atoms in total. The second kappa shape index (κ2) is 4.73. The van der Waals surface area contributed by atoms with Crippen molar-refractivity contribution in [2.75, 3.05) is 12.3 Å². The van der Waals surface area contributed by atoms with Crippen molar-refractivity contribution in [1.29, 1.82) is 0 Å². The van der Waals surface area contributed by atoms with Gasteiger partial charge >= 0.3 is 0 Å². The van der Waals surface area contributed by atoms with E-state index >= 15 is 0 Å². The fourth-order valence-electron chi connectivity index (χ4n) is 2.21. The van der Waals surface area contributed by atoms with Gasteiger partial charge in [0.1, 0.15) is 5.82 Å². The Labute approximate surface area is 100 Å². The Hall–Kier alpha value is -1.58. The van der Waals surface area contributed by atoms with Crippen LogP contribution in [0.4, 0.5) is 10.1 Å². The zero-order valence-corrected chi connectivity index (χ0v) is 9.95. The molecule has 1 heterocycles. The SMILES string of the molecule is CCC1CC(=O)N(Cc2c(N)cccc2F)C1. The van der Waals surface area contributed by atoms with E-state index in [4.69, 9.17) is 5.73 Å². The van der Waals surface area contributed by atoms with Crippen molar-refractivity contribution in [2.24, 2.45) is 5.92 Å². The van der Waals surface area contributed by atoms with Gasteiger partial charge < -0.3 is 10.6 Å². The van der Waals surface area contributed by atoms with Gasteiger partial charge in [0.05, 0.1) is 6.54 Å². The topological polar surface area (TPSA) is 46.3 Å². The predicted molar refractivity (Wildman–Crippen MR) is 64.6 cm³/mol. The number of nitrogen functional groups attached to an aromatic ring is 1. The molecule has 1 amide bonds. The second-order valence-electron chi connectivity index (χ2n) is 4.56. The number of rotatable bonds is 3. The highest BCUT2D eigenvalue weighted by Gasteiger charge is 2.29. The van der Waals surface area contributed by atoms with Gasteiger partial charge in [0.15, 0.2) is 0 Å². The molecule has 2 N–H and O–H groups in total. The van der Waals surface area contributed by atoms with E-state index in [1.54, 1.807) is 17.0 Å². The van der Waals surface area contributed by atoms with Crippen molar-refractivity contribution < 1.29 is 9.18 Å². The molecule has 0 radical (unpaired) electrons. The Morgan fingerprint density at radius 1 is 1.53 bits per heavy atom. The predicted octanol–water partition coefficient (Wildman–Crippen LogP) is 2.17. The minimum Gasteiger partial charge on any atom is -0.398 e. The third kappa shape index (κ3) is 2.40. The molecule has 1 aromatic carbocycles. The molecule has 1 unspecified atom stereocenters. The number of amides is 1. The summed E-state index contributed by atoms with van der Waals surface area (Å²) in [4.78, 5) is 13.4. The zero-order valence-electron chi connectivity index (χ0n) is 9.95. The molecule has 4 heteroatoms. The molecule has 1 saturated heterocycles. The van der Waals surface area contributed by atoms with Gasteiger partial charge in [-0.2, -0.15) is 0 Å². The van der Waals surface area contributed by atoms with Crippen molar-refractivity contribution >= 4 is 11.6 Å². The number of hydrogen-bond acceptors (Lipinski definition) is 2. The van der Waals surface area contributed by atoms with Crippen LogP contribution in [0, 0.1) is 11.7 Å². The average molecular weight is 236 g/mol. The Bertz CT molecular complexity index is 413. The van der Waals surface area contributed by atoms with Crippen LogP contribution >= 0.6 is 0 Å². The highest BCUT2D eigenvalue weighted by molar-refractivity contribution is 5.78. The monoisotopic (exact) mass is 236 g/mol. The minimum atomic E-state index is -0.335. The normalized spacial score (nSPS) is 20.0. The molecule has 1 atom stereocenters. The van der Waals surface area contributed by atoms with Crippen molar-refractivity contribution in [3.05, 3.63) is 29.6 Å². The summed E-state index contributed by atoms with van der Waals surface area (Å²) in [5.74, 6) is 0.160. The number of likely N-dealkylation sites (tertiary alicyclic amines) is 1. The van der Waals surface area contributed by atoms with Gasteiger partial charge in [0.25, 0.3) is 0 Å². The number of nitrogens with two attached hydrogens (primary N) is 1. The van der Waals surface area contributed by atoms with Gasteiger partial charge in [0.2, 0.25) is 5.91 Å². The van der Waals surface area contributed by atoms with E-state index in [1.807, 2.05) is 0 Å². The summed E-state index contributed by atoms with van der Waals surface area (Å²) >= 11 is 0. The summed E-state index contributed by atoms with van der Waals surface area (Å²) in [5, 5.41) is 0. The molecule has 0 saturated carbocycles. The van der Waals surface area contributed by atoms with E-state index in [0.717, 1.165) is 6.42 Å². The Kier molecular flexibility index (Phi) is 3.31. The van der Waals surface area contributed by atoms with Gasteiger partial charge in [-0.25, -0.2) is 4.39 Å². The summed E-state index contributed by atoms with van der Waals surface area (Å²) in [6, 6.07) is 4.62. The molecule has 1 aliphatic rings. The standard InChI is InChI=1S/C13H17FN2O/c1-2-9-6-13(17)16(7-9)8-10-11(14)4-3-5-12(10)15/h3-5,9H,2,6-8,15H2,1H3. The molecule has 1 fully saturated rings. The number of carbonyl (C=O) groups excluding carboxylic acids is 1. The summed E-state index contributed by atoms with van der Waals surface area (Å²) in [7, 11) is 0. The van der Waals surface area contributed by atoms with E-state index in [0.29, 0.717) is 30.1 Å². The van der Waals surface area contributed by atoms with Gasteiger partial charge in [-0.15, -0.1) is 0 Å². The smallest absolute Gasteiger partial charge is 0.223 e. The molecule has 92 valence electrons. The van der Waals surface area contributed by atoms with E-state index in [9.17, 15) is 9.18 Å². The fraction of sp³-hybridized carbons (Fsp3) is 0.462. The second-order valence-corrected chi connectivity index (χ2v) is 4.56. The van der Waals surface area contributed by atoms with Crippen LogP contribution in [-0.2, 0) is 11.3 Å².